The van der Waals surface area contributed by atoms with Crippen molar-refractivity contribution in [3.05, 3.63) is 65.7 Å². The number of carboxylic acids is 1. The summed E-state index contributed by atoms with van der Waals surface area (Å²) in [5.41, 5.74) is 3.30. The number of carbonyl (C=O) groups is 1. The van der Waals surface area contributed by atoms with Crippen molar-refractivity contribution >= 4 is 11.7 Å². The van der Waals surface area contributed by atoms with Crippen molar-refractivity contribution in [1.82, 2.24) is 0 Å². The summed E-state index contributed by atoms with van der Waals surface area (Å²) < 4.78 is 0. The van der Waals surface area contributed by atoms with Crippen molar-refractivity contribution in [3.63, 3.8) is 0 Å². The van der Waals surface area contributed by atoms with Gasteiger partial charge in [0, 0.05) is 23.7 Å². The zero-order valence-electron chi connectivity index (χ0n) is 13.7. The van der Waals surface area contributed by atoms with E-state index in [1.807, 2.05) is 18.2 Å². The van der Waals surface area contributed by atoms with Crippen LogP contribution in [0.3, 0.4) is 0 Å². The van der Waals surface area contributed by atoms with Crippen LogP contribution in [-0.4, -0.2) is 23.7 Å². The Bertz CT molecular complexity index is 698. The highest BCUT2D eigenvalue weighted by atomic mass is 16.4. The smallest absolute Gasteiger partial charge is 0.304 e. The molecule has 1 heterocycles. The van der Waals surface area contributed by atoms with Gasteiger partial charge in [0.25, 0.3) is 0 Å². The third kappa shape index (κ3) is 2.83. The predicted molar refractivity (Wildman–Crippen MR) is 93.0 cm³/mol. The van der Waals surface area contributed by atoms with Gasteiger partial charge in [0.15, 0.2) is 0 Å². The third-order valence-corrected chi connectivity index (χ3v) is 5.22. The third-order valence-electron chi connectivity index (χ3n) is 5.22. The number of aliphatic carboxylic acids is 1. The minimum absolute atomic E-state index is 0.160. The highest BCUT2D eigenvalue weighted by Crippen LogP contribution is 2.47. The maximum absolute atomic E-state index is 11.4. The Morgan fingerprint density at radius 3 is 2.48 bits per heavy atom. The van der Waals surface area contributed by atoms with Crippen LogP contribution < -0.4 is 4.90 Å². The fourth-order valence-electron chi connectivity index (χ4n) is 3.75. The highest BCUT2D eigenvalue weighted by Gasteiger charge is 2.46. The van der Waals surface area contributed by atoms with Crippen LogP contribution in [0.15, 0.2) is 54.6 Å². The molecule has 0 spiro atoms. The second-order valence-corrected chi connectivity index (χ2v) is 6.61. The molecular weight excluding hydrogens is 286 g/mol. The normalized spacial score (nSPS) is 22.9. The van der Waals surface area contributed by atoms with E-state index < -0.39 is 5.97 Å². The number of anilines is 1. The molecule has 1 aliphatic heterocycles. The molecule has 0 saturated carbocycles. The summed E-state index contributed by atoms with van der Waals surface area (Å²) in [5.74, 6) is -0.737. The largest absolute Gasteiger partial charge is 0.481 e. The van der Waals surface area contributed by atoms with E-state index in [0.717, 1.165) is 18.5 Å². The molecule has 0 radical (unpaired) electrons. The van der Waals surface area contributed by atoms with Gasteiger partial charge >= 0.3 is 5.97 Å². The lowest BCUT2D eigenvalue weighted by atomic mass is 9.76. The predicted octanol–water partition coefficient (Wildman–Crippen LogP) is 3.87. The van der Waals surface area contributed by atoms with E-state index in [1.165, 1.54) is 11.3 Å². The maximum Gasteiger partial charge on any atom is 0.304 e. The van der Waals surface area contributed by atoms with Crippen molar-refractivity contribution in [2.75, 3.05) is 11.4 Å². The van der Waals surface area contributed by atoms with Crippen LogP contribution >= 0.6 is 0 Å². The van der Waals surface area contributed by atoms with E-state index >= 15 is 0 Å². The van der Waals surface area contributed by atoms with Gasteiger partial charge in [0.05, 0.1) is 6.42 Å². The number of fused-ring (bicyclic) bond motifs is 1. The Hall–Kier alpha value is -2.29. The molecule has 23 heavy (non-hydrogen) atoms. The van der Waals surface area contributed by atoms with Crippen molar-refractivity contribution in [1.29, 1.82) is 0 Å². The number of benzene rings is 2. The molecule has 2 aromatic carbocycles. The molecule has 3 heteroatoms. The maximum atomic E-state index is 11.4. The Labute approximate surface area is 137 Å². The summed E-state index contributed by atoms with van der Waals surface area (Å²) in [4.78, 5) is 13.7. The summed E-state index contributed by atoms with van der Waals surface area (Å²) in [6.45, 7) is 5.12. The van der Waals surface area contributed by atoms with Crippen molar-refractivity contribution in [3.8, 4) is 0 Å². The number of carboxylic acid groups (broad SMARTS) is 1. The summed E-state index contributed by atoms with van der Waals surface area (Å²) in [6, 6.07) is 18.8. The van der Waals surface area contributed by atoms with Crippen LogP contribution in [0.5, 0.6) is 0 Å². The number of hydrogen-bond acceptors (Lipinski definition) is 2. The number of hydrogen-bond donors (Lipinski definition) is 1. The molecular formula is C20H23NO2. The van der Waals surface area contributed by atoms with Crippen molar-refractivity contribution in [2.24, 2.45) is 0 Å². The molecule has 0 bridgehead atoms. The van der Waals surface area contributed by atoms with Gasteiger partial charge in [-0.2, -0.15) is 0 Å². The molecule has 2 aromatic rings. The summed E-state index contributed by atoms with van der Waals surface area (Å²) >= 11 is 0. The van der Waals surface area contributed by atoms with Crippen LogP contribution in [0.1, 0.15) is 31.4 Å². The fraction of sp³-hybridized carbons (Fsp3) is 0.350. The first-order chi connectivity index (χ1) is 11.0. The molecule has 3 rings (SSSR count). The molecule has 2 unspecified atom stereocenters. The average molecular weight is 309 g/mol. The monoisotopic (exact) mass is 309 g/mol. The van der Waals surface area contributed by atoms with Gasteiger partial charge in [-0.1, -0.05) is 55.5 Å². The standard InChI is InChI=1S/C20H23NO2/c1-15-20(2,14-19(22)23)17-10-6-7-11-18(17)21(15)13-12-16-8-4-3-5-9-16/h3-11,15H,12-14H2,1-2H3,(H,22,23). The number of nitrogens with zero attached hydrogens (tertiary/aromatic N) is 1. The van der Waals surface area contributed by atoms with E-state index in [9.17, 15) is 9.90 Å². The Morgan fingerprint density at radius 1 is 1.13 bits per heavy atom. The molecule has 0 saturated heterocycles. The molecule has 0 fully saturated rings. The topological polar surface area (TPSA) is 40.5 Å². The molecule has 0 amide bonds. The minimum atomic E-state index is -0.737. The second kappa shape index (κ2) is 6.07. The van der Waals surface area contributed by atoms with E-state index in [-0.39, 0.29) is 17.9 Å². The van der Waals surface area contributed by atoms with Gasteiger partial charge < -0.3 is 10.0 Å². The Kier molecular flexibility index (Phi) is 4.12. The summed E-state index contributed by atoms with van der Waals surface area (Å²) in [5, 5.41) is 9.36. The first-order valence-corrected chi connectivity index (χ1v) is 8.14. The van der Waals surface area contributed by atoms with E-state index in [1.54, 1.807) is 0 Å². The van der Waals surface area contributed by atoms with Crippen molar-refractivity contribution < 1.29 is 9.90 Å². The second-order valence-electron chi connectivity index (χ2n) is 6.61. The molecule has 120 valence electrons. The van der Waals surface area contributed by atoms with Crippen LogP contribution in [0, 0.1) is 0 Å². The lowest BCUT2D eigenvalue weighted by molar-refractivity contribution is -0.138. The minimum Gasteiger partial charge on any atom is -0.481 e. The van der Waals surface area contributed by atoms with E-state index in [0.29, 0.717) is 0 Å². The zero-order chi connectivity index (χ0) is 16.4. The van der Waals surface area contributed by atoms with Gasteiger partial charge in [-0.15, -0.1) is 0 Å². The fourth-order valence-corrected chi connectivity index (χ4v) is 3.75. The Morgan fingerprint density at radius 2 is 1.78 bits per heavy atom. The lowest BCUT2D eigenvalue weighted by Gasteiger charge is -2.33. The molecule has 2 atom stereocenters. The van der Waals surface area contributed by atoms with Crippen LogP contribution in [0.4, 0.5) is 5.69 Å². The SMILES string of the molecule is CC1N(CCc2ccccc2)c2ccccc2C1(C)CC(=O)O. The molecule has 0 aromatic heterocycles. The number of rotatable bonds is 5. The molecule has 3 nitrogen and oxygen atoms in total. The lowest BCUT2D eigenvalue weighted by Crippen LogP contribution is -2.43. The van der Waals surface area contributed by atoms with Gasteiger partial charge in [0.1, 0.15) is 0 Å². The van der Waals surface area contributed by atoms with Gasteiger partial charge in [-0.3, -0.25) is 4.79 Å². The molecule has 1 N–H and O–H groups in total. The average Bonchev–Trinajstić information content (AvgIpc) is 2.75. The van der Waals surface area contributed by atoms with Gasteiger partial charge in [-0.05, 0) is 30.5 Å². The van der Waals surface area contributed by atoms with Gasteiger partial charge in [0.2, 0.25) is 0 Å². The quantitative estimate of drug-likeness (QED) is 0.911. The molecule has 0 aliphatic carbocycles. The number of para-hydroxylation sites is 1. The van der Waals surface area contributed by atoms with Crippen molar-refractivity contribution in [2.45, 2.75) is 38.1 Å². The van der Waals surface area contributed by atoms with Crippen LogP contribution in [0.2, 0.25) is 0 Å². The first-order valence-electron chi connectivity index (χ1n) is 8.14. The Balaban J connectivity index is 1.88. The first kappa shape index (κ1) is 15.6. The van der Waals surface area contributed by atoms with E-state index in [4.69, 9.17) is 0 Å². The van der Waals surface area contributed by atoms with Gasteiger partial charge in [-0.25, -0.2) is 0 Å². The van der Waals surface area contributed by atoms with Crippen LogP contribution in [0.25, 0.3) is 0 Å². The summed E-state index contributed by atoms with van der Waals surface area (Å²) in [6.07, 6.45) is 1.12. The molecule has 1 aliphatic rings. The zero-order valence-corrected chi connectivity index (χ0v) is 13.7. The van der Waals surface area contributed by atoms with Crippen LogP contribution in [-0.2, 0) is 16.6 Å². The van der Waals surface area contributed by atoms with E-state index in [2.05, 4.69) is 55.1 Å². The highest BCUT2D eigenvalue weighted by molar-refractivity contribution is 5.73. The summed E-state index contributed by atoms with van der Waals surface area (Å²) in [7, 11) is 0.